The molecule has 1 atom stereocenters. The molecule has 0 aliphatic carbocycles. The molecule has 0 saturated heterocycles. The fourth-order valence-corrected chi connectivity index (χ4v) is 2.18. The van der Waals surface area contributed by atoms with Crippen molar-refractivity contribution in [1.29, 1.82) is 0 Å². The molecule has 0 radical (unpaired) electrons. The van der Waals surface area contributed by atoms with E-state index in [2.05, 4.69) is 10.6 Å². The first-order valence-electron chi connectivity index (χ1n) is 6.32. The molecule has 7 heteroatoms. The first kappa shape index (κ1) is 16.2. The van der Waals surface area contributed by atoms with Gasteiger partial charge < -0.3 is 15.7 Å². The summed E-state index contributed by atoms with van der Waals surface area (Å²) in [6.45, 7) is 2.01. The summed E-state index contributed by atoms with van der Waals surface area (Å²) in [5.41, 5.74) is 0. The van der Waals surface area contributed by atoms with E-state index in [1.54, 1.807) is 19.1 Å². The van der Waals surface area contributed by atoms with E-state index < -0.39 is 5.97 Å². The Labute approximate surface area is 121 Å². The number of aliphatic carboxylic acids is 1. The topological polar surface area (TPSA) is 95.5 Å². The lowest BCUT2D eigenvalue weighted by molar-refractivity contribution is -0.137. The van der Waals surface area contributed by atoms with E-state index >= 15 is 0 Å². The molecule has 110 valence electrons. The van der Waals surface area contributed by atoms with Gasteiger partial charge in [-0.15, -0.1) is 11.3 Å². The van der Waals surface area contributed by atoms with Crippen LogP contribution in [0.5, 0.6) is 0 Å². The molecular formula is C13H18N2O4S. The number of amides is 2. The van der Waals surface area contributed by atoms with Crippen molar-refractivity contribution in [2.45, 2.75) is 32.2 Å². The molecule has 1 heterocycles. The van der Waals surface area contributed by atoms with Crippen LogP contribution in [0.25, 0.3) is 0 Å². The lowest BCUT2D eigenvalue weighted by atomic mass is 10.2. The van der Waals surface area contributed by atoms with Crippen LogP contribution in [0.2, 0.25) is 0 Å². The smallest absolute Gasteiger partial charge is 0.303 e. The summed E-state index contributed by atoms with van der Waals surface area (Å²) in [6.07, 6.45) is 0.591. The van der Waals surface area contributed by atoms with Crippen LogP contribution in [0.4, 0.5) is 0 Å². The van der Waals surface area contributed by atoms with Crippen LogP contribution in [0.15, 0.2) is 17.5 Å². The maximum atomic E-state index is 11.6. The molecule has 1 aromatic heterocycles. The molecule has 20 heavy (non-hydrogen) atoms. The normalized spacial score (nSPS) is 11.7. The largest absolute Gasteiger partial charge is 0.481 e. The van der Waals surface area contributed by atoms with Crippen molar-refractivity contribution in [2.24, 2.45) is 0 Å². The number of carbonyl (C=O) groups is 3. The summed E-state index contributed by atoms with van der Waals surface area (Å²) in [4.78, 5) is 34.1. The third kappa shape index (κ3) is 6.33. The lowest BCUT2D eigenvalue weighted by Crippen LogP contribution is -2.35. The molecule has 0 bridgehead atoms. The number of thiophene rings is 1. The number of hydrogen-bond donors (Lipinski definition) is 3. The highest BCUT2D eigenvalue weighted by Crippen LogP contribution is 2.07. The van der Waals surface area contributed by atoms with Gasteiger partial charge in [0.15, 0.2) is 0 Å². The summed E-state index contributed by atoms with van der Waals surface area (Å²) in [5.74, 6) is -1.27. The molecule has 1 unspecified atom stereocenters. The van der Waals surface area contributed by atoms with Crippen molar-refractivity contribution in [3.8, 4) is 0 Å². The van der Waals surface area contributed by atoms with Crippen LogP contribution in [0, 0.1) is 0 Å². The predicted octanol–water partition coefficient (Wildman–Crippen LogP) is 1.24. The van der Waals surface area contributed by atoms with E-state index in [4.69, 9.17) is 5.11 Å². The Bertz CT molecular complexity index is 459. The van der Waals surface area contributed by atoms with Gasteiger partial charge in [-0.25, -0.2) is 0 Å². The summed E-state index contributed by atoms with van der Waals surface area (Å²) >= 11 is 1.34. The first-order valence-corrected chi connectivity index (χ1v) is 7.20. The molecule has 6 nitrogen and oxygen atoms in total. The Morgan fingerprint density at radius 1 is 1.35 bits per heavy atom. The van der Waals surface area contributed by atoms with Gasteiger partial charge in [0.25, 0.3) is 5.91 Å². The number of carboxylic acids is 1. The standard InChI is InChI=1S/C13H18N2O4S/c1-9(4-5-12(17)18)15-11(16)6-7-14-13(19)10-3-2-8-20-10/h2-3,8-9H,4-7H2,1H3,(H,14,19)(H,15,16)(H,17,18). The molecular weight excluding hydrogens is 280 g/mol. The van der Waals surface area contributed by atoms with Gasteiger partial charge in [-0.05, 0) is 24.8 Å². The molecule has 3 N–H and O–H groups in total. The van der Waals surface area contributed by atoms with Crippen LogP contribution < -0.4 is 10.6 Å². The fourth-order valence-electron chi connectivity index (χ4n) is 1.54. The zero-order chi connectivity index (χ0) is 15.0. The monoisotopic (exact) mass is 298 g/mol. The maximum Gasteiger partial charge on any atom is 0.303 e. The van der Waals surface area contributed by atoms with Crippen molar-refractivity contribution in [1.82, 2.24) is 10.6 Å². The molecule has 2 amide bonds. The zero-order valence-corrected chi connectivity index (χ0v) is 12.0. The maximum absolute atomic E-state index is 11.6. The average Bonchev–Trinajstić information content (AvgIpc) is 2.90. The van der Waals surface area contributed by atoms with Gasteiger partial charge in [0.05, 0.1) is 4.88 Å². The van der Waals surface area contributed by atoms with Crippen molar-refractivity contribution in [2.75, 3.05) is 6.54 Å². The number of carbonyl (C=O) groups excluding carboxylic acids is 2. The van der Waals surface area contributed by atoms with E-state index in [0.717, 1.165) is 0 Å². The predicted molar refractivity (Wildman–Crippen MR) is 75.7 cm³/mol. The van der Waals surface area contributed by atoms with Crippen LogP contribution in [-0.4, -0.2) is 35.5 Å². The van der Waals surface area contributed by atoms with Crippen molar-refractivity contribution in [3.05, 3.63) is 22.4 Å². The molecule has 0 aliphatic heterocycles. The highest BCUT2D eigenvalue weighted by Gasteiger charge is 2.10. The highest BCUT2D eigenvalue weighted by molar-refractivity contribution is 7.12. The van der Waals surface area contributed by atoms with Gasteiger partial charge in [0.1, 0.15) is 0 Å². The third-order valence-electron chi connectivity index (χ3n) is 2.58. The Hall–Kier alpha value is -1.89. The second-order valence-electron chi connectivity index (χ2n) is 4.38. The second-order valence-corrected chi connectivity index (χ2v) is 5.33. The van der Waals surface area contributed by atoms with E-state index in [1.807, 2.05) is 5.38 Å². The van der Waals surface area contributed by atoms with Crippen molar-refractivity contribution >= 4 is 29.1 Å². The summed E-state index contributed by atoms with van der Waals surface area (Å²) < 4.78 is 0. The number of hydrogen-bond acceptors (Lipinski definition) is 4. The van der Waals surface area contributed by atoms with Crippen LogP contribution >= 0.6 is 11.3 Å². The fraction of sp³-hybridized carbons (Fsp3) is 0.462. The number of carboxylic acid groups (broad SMARTS) is 1. The minimum absolute atomic E-state index is 0.0244. The van der Waals surface area contributed by atoms with Gasteiger partial charge in [0.2, 0.25) is 5.91 Å². The van der Waals surface area contributed by atoms with Gasteiger partial charge in [-0.3, -0.25) is 14.4 Å². The minimum Gasteiger partial charge on any atom is -0.481 e. The summed E-state index contributed by atoms with van der Waals surface area (Å²) in [6, 6.07) is 3.32. The van der Waals surface area contributed by atoms with Crippen molar-refractivity contribution < 1.29 is 19.5 Å². The zero-order valence-electron chi connectivity index (χ0n) is 11.2. The quantitative estimate of drug-likeness (QED) is 0.673. The molecule has 0 aromatic carbocycles. The van der Waals surface area contributed by atoms with E-state index in [9.17, 15) is 14.4 Å². The van der Waals surface area contributed by atoms with Crippen LogP contribution in [-0.2, 0) is 9.59 Å². The highest BCUT2D eigenvalue weighted by atomic mass is 32.1. The number of rotatable bonds is 8. The molecule has 0 fully saturated rings. The van der Waals surface area contributed by atoms with Crippen LogP contribution in [0.3, 0.4) is 0 Å². The van der Waals surface area contributed by atoms with E-state index in [-0.39, 0.29) is 37.2 Å². The van der Waals surface area contributed by atoms with Gasteiger partial charge in [0, 0.05) is 25.4 Å². The Morgan fingerprint density at radius 2 is 2.10 bits per heavy atom. The number of nitrogens with one attached hydrogen (secondary N) is 2. The molecule has 0 aliphatic rings. The second kappa shape index (κ2) is 8.31. The minimum atomic E-state index is -0.880. The van der Waals surface area contributed by atoms with E-state index in [1.165, 1.54) is 11.3 Å². The Morgan fingerprint density at radius 3 is 2.70 bits per heavy atom. The first-order chi connectivity index (χ1) is 9.49. The van der Waals surface area contributed by atoms with Gasteiger partial charge in [-0.1, -0.05) is 6.07 Å². The summed E-state index contributed by atoms with van der Waals surface area (Å²) in [7, 11) is 0. The summed E-state index contributed by atoms with van der Waals surface area (Å²) in [5, 5.41) is 15.7. The Kier molecular flexibility index (Phi) is 6.72. The molecule has 1 aromatic rings. The van der Waals surface area contributed by atoms with E-state index in [0.29, 0.717) is 11.3 Å². The third-order valence-corrected chi connectivity index (χ3v) is 3.45. The lowest BCUT2D eigenvalue weighted by Gasteiger charge is -2.12. The molecule has 0 saturated carbocycles. The molecule has 1 rings (SSSR count). The molecule has 0 spiro atoms. The average molecular weight is 298 g/mol. The van der Waals surface area contributed by atoms with Crippen LogP contribution in [0.1, 0.15) is 35.9 Å². The van der Waals surface area contributed by atoms with Gasteiger partial charge >= 0.3 is 5.97 Å². The van der Waals surface area contributed by atoms with Crippen molar-refractivity contribution in [3.63, 3.8) is 0 Å². The Balaban J connectivity index is 2.17. The van der Waals surface area contributed by atoms with Gasteiger partial charge in [-0.2, -0.15) is 0 Å². The SMILES string of the molecule is CC(CCC(=O)O)NC(=O)CCNC(=O)c1cccs1.